The molecule has 0 amide bonds. The molecule has 21 heavy (non-hydrogen) atoms. The van der Waals surface area contributed by atoms with E-state index in [4.69, 9.17) is 5.84 Å². The summed E-state index contributed by atoms with van der Waals surface area (Å²) in [6, 6.07) is 5.71. The first kappa shape index (κ1) is 14.6. The molecule has 8 nitrogen and oxygen atoms in total. The smallest absolute Gasteiger partial charge is 0.321 e. The van der Waals surface area contributed by atoms with Crippen LogP contribution >= 0.6 is 0 Å². The summed E-state index contributed by atoms with van der Waals surface area (Å²) in [6.45, 7) is 2.12. The van der Waals surface area contributed by atoms with E-state index in [1.54, 1.807) is 13.0 Å². The van der Waals surface area contributed by atoms with Crippen LogP contribution in [0.1, 0.15) is 6.92 Å². The highest BCUT2D eigenvalue weighted by Crippen LogP contribution is 2.35. The Morgan fingerprint density at radius 1 is 1.48 bits per heavy atom. The third kappa shape index (κ3) is 2.87. The molecule has 3 N–H and O–H groups in total. The molecule has 9 heteroatoms. The Balaban J connectivity index is 2.60. The van der Waals surface area contributed by atoms with Crippen molar-refractivity contribution in [2.75, 3.05) is 16.9 Å². The van der Waals surface area contributed by atoms with Crippen LogP contribution in [0.4, 0.5) is 27.4 Å². The van der Waals surface area contributed by atoms with Gasteiger partial charge in [0.05, 0.1) is 4.92 Å². The van der Waals surface area contributed by atoms with Crippen molar-refractivity contribution in [2.45, 2.75) is 6.92 Å². The molecule has 0 saturated carbocycles. The third-order valence-electron chi connectivity index (χ3n) is 2.81. The number of aromatic nitrogens is 2. The van der Waals surface area contributed by atoms with E-state index in [2.05, 4.69) is 15.4 Å². The summed E-state index contributed by atoms with van der Waals surface area (Å²) in [5.41, 5.74) is 2.24. The first-order chi connectivity index (χ1) is 10.1. The van der Waals surface area contributed by atoms with Gasteiger partial charge in [0.2, 0.25) is 11.6 Å². The molecule has 0 atom stereocenters. The number of rotatable bonds is 5. The fourth-order valence-corrected chi connectivity index (χ4v) is 1.94. The molecule has 0 fully saturated rings. The molecule has 2 rings (SSSR count). The van der Waals surface area contributed by atoms with E-state index in [-0.39, 0.29) is 17.3 Å². The van der Waals surface area contributed by atoms with Crippen LogP contribution in [0.3, 0.4) is 0 Å². The Bertz CT molecular complexity index is 666. The number of hydrogen-bond donors (Lipinski definition) is 2. The summed E-state index contributed by atoms with van der Waals surface area (Å²) >= 11 is 0. The quantitative estimate of drug-likeness (QED) is 0.492. The summed E-state index contributed by atoms with van der Waals surface area (Å²) in [7, 11) is 0. The number of benzene rings is 1. The maximum atomic E-state index is 13.4. The van der Waals surface area contributed by atoms with Gasteiger partial charge in [0.15, 0.2) is 0 Å². The summed E-state index contributed by atoms with van der Waals surface area (Å²) in [5.74, 6) is 4.72. The Morgan fingerprint density at radius 2 is 2.24 bits per heavy atom. The van der Waals surface area contributed by atoms with Crippen molar-refractivity contribution >= 4 is 23.0 Å². The molecule has 1 aromatic carbocycles. The van der Waals surface area contributed by atoms with Gasteiger partial charge in [-0.05, 0) is 25.1 Å². The Hall–Kier alpha value is -2.81. The zero-order chi connectivity index (χ0) is 15.4. The van der Waals surface area contributed by atoms with Crippen molar-refractivity contribution in [2.24, 2.45) is 5.84 Å². The van der Waals surface area contributed by atoms with E-state index in [0.29, 0.717) is 12.2 Å². The lowest BCUT2D eigenvalue weighted by atomic mass is 10.2. The maximum Gasteiger partial charge on any atom is 0.355 e. The number of anilines is 3. The molecule has 0 radical (unpaired) electrons. The highest BCUT2D eigenvalue weighted by molar-refractivity contribution is 5.75. The zero-order valence-electron chi connectivity index (χ0n) is 11.2. The van der Waals surface area contributed by atoms with Crippen LogP contribution in [-0.4, -0.2) is 21.4 Å². The minimum Gasteiger partial charge on any atom is -0.321 e. The van der Waals surface area contributed by atoms with Crippen molar-refractivity contribution in [3.8, 4) is 0 Å². The minimum atomic E-state index is -0.632. The number of nitrogens with two attached hydrogens (primary N) is 1. The van der Waals surface area contributed by atoms with Gasteiger partial charge in [-0.3, -0.25) is 10.1 Å². The first-order valence-electron chi connectivity index (χ1n) is 6.07. The molecule has 0 bridgehead atoms. The van der Waals surface area contributed by atoms with Gasteiger partial charge in [0, 0.05) is 12.2 Å². The largest absolute Gasteiger partial charge is 0.355 e. The first-order valence-corrected chi connectivity index (χ1v) is 6.07. The van der Waals surface area contributed by atoms with E-state index < -0.39 is 10.7 Å². The molecule has 2 aromatic rings. The van der Waals surface area contributed by atoms with E-state index in [1.165, 1.54) is 23.1 Å². The fourth-order valence-electron chi connectivity index (χ4n) is 1.94. The van der Waals surface area contributed by atoms with E-state index in [0.717, 1.165) is 6.33 Å². The summed E-state index contributed by atoms with van der Waals surface area (Å²) in [4.78, 5) is 19.8. The number of hydrazine groups is 1. The predicted octanol–water partition coefficient (Wildman–Crippen LogP) is 1.97. The molecule has 0 aliphatic heterocycles. The van der Waals surface area contributed by atoms with E-state index in [9.17, 15) is 14.5 Å². The van der Waals surface area contributed by atoms with Gasteiger partial charge in [-0.1, -0.05) is 6.07 Å². The van der Waals surface area contributed by atoms with Crippen LogP contribution in [0.5, 0.6) is 0 Å². The summed E-state index contributed by atoms with van der Waals surface area (Å²) < 4.78 is 13.4. The molecule has 1 heterocycles. The van der Waals surface area contributed by atoms with Gasteiger partial charge >= 0.3 is 5.69 Å². The van der Waals surface area contributed by atoms with Crippen LogP contribution in [0.15, 0.2) is 30.6 Å². The lowest BCUT2D eigenvalue weighted by Crippen LogP contribution is -2.21. The van der Waals surface area contributed by atoms with Crippen LogP contribution in [0.2, 0.25) is 0 Å². The Kier molecular flexibility index (Phi) is 4.24. The van der Waals surface area contributed by atoms with Crippen LogP contribution in [-0.2, 0) is 0 Å². The third-order valence-corrected chi connectivity index (χ3v) is 2.81. The predicted molar refractivity (Wildman–Crippen MR) is 75.6 cm³/mol. The highest BCUT2D eigenvalue weighted by Gasteiger charge is 2.27. The minimum absolute atomic E-state index is 0.0380. The Labute approximate surface area is 119 Å². The lowest BCUT2D eigenvalue weighted by Gasteiger charge is -2.22. The van der Waals surface area contributed by atoms with Crippen molar-refractivity contribution in [3.63, 3.8) is 0 Å². The molecule has 110 valence electrons. The molecule has 0 spiro atoms. The standard InChI is InChI=1S/C12H13FN6O2/c1-2-18(9-5-3-4-8(13)6-9)12-10(19(20)21)11(17-14)15-7-16-12/h3-7H,2,14H2,1H3,(H,15,16,17). The summed E-state index contributed by atoms with van der Waals surface area (Å²) in [5, 5.41) is 11.2. The lowest BCUT2D eigenvalue weighted by molar-refractivity contribution is -0.383. The van der Waals surface area contributed by atoms with Crippen LogP contribution in [0.25, 0.3) is 0 Å². The highest BCUT2D eigenvalue weighted by atomic mass is 19.1. The second kappa shape index (κ2) is 6.09. The van der Waals surface area contributed by atoms with Crippen molar-refractivity contribution in [1.82, 2.24) is 9.97 Å². The number of nitrogens with one attached hydrogen (secondary N) is 1. The second-order valence-electron chi connectivity index (χ2n) is 4.02. The number of nitro groups is 1. The number of halogens is 1. The number of nitrogen functional groups attached to an aromatic ring is 1. The van der Waals surface area contributed by atoms with Gasteiger partial charge in [0.1, 0.15) is 12.1 Å². The molecule has 0 unspecified atom stereocenters. The maximum absolute atomic E-state index is 13.4. The zero-order valence-corrected chi connectivity index (χ0v) is 11.2. The fraction of sp³-hybridized carbons (Fsp3) is 0.167. The average Bonchev–Trinajstić information content (AvgIpc) is 2.47. The van der Waals surface area contributed by atoms with E-state index in [1.807, 2.05) is 0 Å². The van der Waals surface area contributed by atoms with Gasteiger partial charge in [0.25, 0.3) is 0 Å². The van der Waals surface area contributed by atoms with Crippen molar-refractivity contribution in [3.05, 3.63) is 46.5 Å². The van der Waals surface area contributed by atoms with Crippen LogP contribution in [0, 0.1) is 15.9 Å². The number of nitrogens with zero attached hydrogens (tertiary/aromatic N) is 4. The number of hydrogen-bond acceptors (Lipinski definition) is 7. The molecule has 1 aromatic heterocycles. The molecule has 0 aliphatic rings. The molecule has 0 aliphatic carbocycles. The van der Waals surface area contributed by atoms with Gasteiger partial charge in [-0.2, -0.15) is 0 Å². The topological polar surface area (TPSA) is 110 Å². The van der Waals surface area contributed by atoms with E-state index >= 15 is 0 Å². The Morgan fingerprint density at radius 3 is 2.81 bits per heavy atom. The van der Waals surface area contributed by atoms with Gasteiger partial charge in [-0.15, -0.1) is 0 Å². The second-order valence-corrected chi connectivity index (χ2v) is 4.02. The van der Waals surface area contributed by atoms with Gasteiger partial charge in [-0.25, -0.2) is 20.2 Å². The summed E-state index contributed by atoms with van der Waals surface area (Å²) in [6.07, 6.45) is 1.15. The van der Waals surface area contributed by atoms with Gasteiger partial charge < -0.3 is 10.3 Å². The van der Waals surface area contributed by atoms with Crippen LogP contribution < -0.4 is 16.2 Å². The SMILES string of the molecule is CCN(c1cccc(F)c1)c1ncnc(NN)c1[N+](=O)[O-]. The normalized spacial score (nSPS) is 10.2. The average molecular weight is 292 g/mol. The molecule has 0 saturated heterocycles. The monoisotopic (exact) mass is 292 g/mol. The molecular weight excluding hydrogens is 279 g/mol. The van der Waals surface area contributed by atoms with Crippen molar-refractivity contribution < 1.29 is 9.31 Å². The molecular formula is C12H13FN6O2. The van der Waals surface area contributed by atoms with Crippen molar-refractivity contribution in [1.29, 1.82) is 0 Å².